The van der Waals surface area contributed by atoms with Crippen molar-refractivity contribution < 1.29 is 9.21 Å². The molecule has 0 radical (unpaired) electrons. The number of aromatic nitrogens is 1. The minimum atomic E-state index is -0.122. The van der Waals surface area contributed by atoms with Crippen molar-refractivity contribution in [1.29, 1.82) is 0 Å². The third-order valence-corrected chi connectivity index (χ3v) is 3.42. The Balaban J connectivity index is 1.75. The summed E-state index contributed by atoms with van der Waals surface area (Å²) in [5.41, 5.74) is 7.96. The summed E-state index contributed by atoms with van der Waals surface area (Å²) in [6.45, 7) is 4.05. The summed E-state index contributed by atoms with van der Waals surface area (Å²) in [4.78, 5) is 16.0. The zero-order valence-electron chi connectivity index (χ0n) is 12.4. The summed E-state index contributed by atoms with van der Waals surface area (Å²) in [7, 11) is 0. The fourth-order valence-corrected chi connectivity index (χ4v) is 2.03. The number of aryl methyl sites for hydroxylation is 2. The molecule has 1 aromatic heterocycles. The van der Waals surface area contributed by atoms with Crippen molar-refractivity contribution in [3.8, 4) is 0 Å². The van der Waals surface area contributed by atoms with Gasteiger partial charge >= 0.3 is 0 Å². The summed E-state index contributed by atoms with van der Waals surface area (Å²) < 4.78 is 5.41. The van der Waals surface area contributed by atoms with Gasteiger partial charge in [0.1, 0.15) is 5.76 Å². The van der Waals surface area contributed by atoms with Crippen molar-refractivity contribution in [2.24, 2.45) is 5.73 Å². The zero-order chi connectivity index (χ0) is 15.2. The SMILES string of the molecule is Cc1nc(CNC(=O)CCC(N)c2ccccc2)oc1C. The summed E-state index contributed by atoms with van der Waals surface area (Å²) in [5, 5.41) is 2.80. The maximum absolute atomic E-state index is 11.8. The van der Waals surface area contributed by atoms with Crippen molar-refractivity contribution in [2.75, 3.05) is 0 Å². The van der Waals surface area contributed by atoms with E-state index in [2.05, 4.69) is 10.3 Å². The summed E-state index contributed by atoms with van der Waals surface area (Å²) in [6.07, 6.45) is 0.994. The molecule has 0 bridgehead atoms. The fourth-order valence-electron chi connectivity index (χ4n) is 2.03. The van der Waals surface area contributed by atoms with E-state index >= 15 is 0 Å². The van der Waals surface area contributed by atoms with E-state index in [-0.39, 0.29) is 11.9 Å². The molecule has 21 heavy (non-hydrogen) atoms. The number of hydrogen-bond acceptors (Lipinski definition) is 4. The summed E-state index contributed by atoms with van der Waals surface area (Å²) in [5.74, 6) is 1.27. The normalized spacial score (nSPS) is 12.1. The van der Waals surface area contributed by atoms with Gasteiger partial charge in [-0.15, -0.1) is 0 Å². The van der Waals surface area contributed by atoms with E-state index in [1.54, 1.807) is 0 Å². The molecule has 5 heteroatoms. The maximum atomic E-state index is 11.8. The lowest BCUT2D eigenvalue weighted by Crippen LogP contribution is -2.24. The Bertz CT molecular complexity index is 573. The molecule has 1 amide bonds. The lowest BCUT2D eigenvalue weighted by molar-refractivity contribution is -0.121. The molecule has 0 aliphatic heterocycles. The van der Waals surface area contributed by atoms with Crippen LogP contribution in [0.5, 0.6) is 0 Å². The zero-order valence-corrected chi connectivity index (χ0v) is 12.4. The van der Waals surface area contributed by atoms with Crippen LogP contribution in [0, 0.1) is 13.8 Å². The van der Waals surface area contributed by atoms with Crippen LogP contribution in [-0.4, -0.2) is 10.9 Å². The number of rotatable bonds is 6. The Kier molecular flexibility index (Phi) is 5.11. The van der Waals surface area contributed by atoms with Gasteiger partial charge in [0.05, 0.1) is 12.2 Å². The van der Waals surface area contributed by atoms with Gasteiger partial charge in [0.15, 0.2) is 0 Å². The average Bonchev–Trinajstić information content (AvgIpc) is 2.82. The minimum absolute atomic E-state index is 0.0464. The first kappa shape index (κ1) is 15.3. The quantitative estimate of drug-likeness (QED) is 0.854. The number of oxazole rings is 1. The minimum Gasteiger partial charge on any atom is -0.444 e. The molecule has 1 unspecified atom stereocenters. The van der Waals surface area contributed by atoms with Crippen LogP contribution in [0.1, 0.15) is 41.8 Å². The molecular formula is C16H21N3O2. The third-order valence-electron chi connectivity index (χ3n) is 3.42. The highest BCUT2D eigenvalue weighted by Gasteiger charge is 2.10. The molecule has 0 aliphatic rings. The molecule has 0 saturated carbocycles. The molecule has 2 aromatic rings. The van der Waals surface area contributed by atoms with Crippen molar-refractivity contribution >= 4 is 5.91 Å². The van der Waals surface area contributed by atoms with Crippen LogP contribution in [-0.2, 0) is 11.3 Å². The van der Waals surface area contributed by atoms with Crippen molar-refractivity contribution in [1.82, 2.24) is 10.3 Å². The smallest absolute Gasteiger partial charge is 0.220 e. The molecule has 5 nitrogen and oxygen atoms in total. The van der Waals surface area contributed by atoms with Crippen LogP contribution in [0.4, 0.5) is 0 Å². The van der Waals surface area contributed by atoms with Gasteiger partial charge in [-0.3, -0.25) is 4.79 Å². The summed E-state index contributed by atoms with van der Waals surface area (Å²) in [6, 6.07) is 9.67. The second-order valence-electron chi connectivity index (χ2n) is 5.08. The second-order valence-corrected chi connectivity index (χ2v) is 5.08. The maximum Gasteiger partial charge on any atom is 0.220 e. The Hall–Kier alpha value is -2.14. The van der Waals surface area contributed by atoms with Gasteiger partial charge in [0.2, 0.25) is 11.8 Å². The average molecular weight is 287 g/mol. The van der Waals surface area contributed by atoms with Crippen LogP contribution in [0.3, 0.4) is 0 Å². The standard InChI is InChI=1S/C16H21N3O2/c1-11-12(2)21-16(19-11)10-18-15(20)9-8-14(17)13-6-4-3-5-7-13/h3-7,14H,8-10,17H2,1-2H3,(H,18,20). The van der Waals surface area contributed by atoms with Crippen LogP contribution in [0.25, 0.3) is 0 Å². The molecule has 2 rings (SSSR count). The molecule has 0 saturated heterocycles. The Morgan fingerprint density at radius 1 is 1.33 bits per heavy atom. The molecule has 0 fully saturated rings. The number of amides is 1. The molecule has 3 N–H and O–H groups in total. The van der Waals surface area contributed by atoms with E-state index in [0.29, 0.717) is 25.3 Å². The van der Waals surface area contributed by atoms with Gasteiger partial charge in [-0.05, 0) is 25.8 Å². The largest absolute Gasteiger partial charge is 0.444 e. The van der Waals surface area contributed by atoms with E-state index in [1.807, 2.05) is 44.2 Å². The van der Waals surface area contributed by atoms with Gasteiger partial charge in [0, 0.05) is 12.5 Å². The lowest BCUT2D eigenvalue weighted by atomic mass is 10.0. The molecule has 1 heterocycles. The molecule has 112 valence electrons. The van der Waals surface area contributed by atoms with E-state index in [1.165, 1.54) is 0 Å². The summed E-state index contributed by atoms with van der Waals surface area (Å²) >= 11 is 0. The van der Waals surface area contributed by atoms with Crippen LogP contribution >= 0.6 is 0 Å². The van der Waals surface area contributed by atoms with Crippen molar-refractivity contribution in [2.45, 2.75) is 39.3 Å². The molecule has 1 atom stereocenters. The Labute approximate surface area is 124 Å². The number of carbonyl (C=O) groups is 1. The molecule has 0 spiro atoms. The third kappa shape index (κ3) is 4.43. The first-order valence-electron chi connectivity index (χ1n) is 7.06. The Morgan fingerprint density at radius 2 is 2.05 bits per heavy atom. The monoisotopic (exact) mass is 287 g/mol. The highest BCUT2D eigenvalue weighted by molar-refractivity contribution is 5.75. The number of benzene rings is 1. The van der Waals surface area contributed by atoms with Gasteiger partial charge in [-0.25, -0.2) is 4.98 Å². The van der Waals surface area contributed by atoms with Crippen molar-refractivity contribution in [3.63, 3.8) is 0 Å². The van der Waals surface area contributed by atoms with Gasteiger partial charge in [-0.2, -0.15) is 0 Å². The first-order valence-corrected chi connectivity index (χ1v) is 7.06. The lowest BCUT2D eigenvalue weighted by Gasteiger charge is -2.11. The number of carbonyl (C=O) groups excluding carboxylic acids is 1. The number of nitrogens with one attached hydrogen (secondary N) is 1. The predicted molar refractivity (Wildman–Crippen MR) is 80.4 cm³/mol. The van der Waals surface area contributed by atoms with Gasteiger partial charge in [-0.1, -0.05) is 30.3 Å². The van der Waals surface area contributed by atoms with E-state index < -0.39 is 0 Å². The molecular weight excluding hydrogens is 266 g/mol. The number of hydrogen-bond donors (Lipinski definition) is 2. The highest BCUT2D eigenvalue weighted by Crippen LogP contribution is 2.15. The predicted octanol–water partition coefficient (Wildman–Crippen LogP) is 2.39. The molecule has 1 aromatic carbocycles. The van der Waals surface area contributed by atoms with E-state index in [9.17, 15) is 4.79 Å². The molecule has 0 aliphatic carbocycles. The Morgan fingerprint density at radius 3 is 2.67 bits per heavy atom. The van der Waals surface area contributed by atoms with Gasteiger partial charge in [0.25, 0.3) is 0 Å². The van der Waals surface area contributed by atoms with Crippen molar-refractivity contribution in [3.05, 3.63) is 53.2 Å². The van der Waals surface area contributed by atoms with Crippen LogP contribution in [0.2, 0.25) is 0 Å². The topological polar surface area (TPSA) is 81.2 Å². The van der Waals surface area contributed by atoms with Crippen LogP contribution in [0.15, 0.2) is 34.7 Å². The van der Waals surface area contributed by atoms with E-state index in [0.717, 1.165) is 17.0 Å². The number of nitrogens with two attached hydrogens (primary N) is 1. The van der Waals surface area contributed by atoms with Gasteiger partial charge < -0.3 is 15.5 Å². The van der Waals surface area contributed by atoms with Crippen LogP contribution < -0.4 is 11.1 Å². The highest BCUT2D eigenvalue weighted by atomic mass is 16.4. The second kappa shape index (κ2) is 7.04. The number of nitrogens with zero attached hydrogens (tertiary/aromatic N) is 1. The fraction of sp³-hybridized carbons (Fsp3) is 0.375. The first-order chi connectivity index (χ1) is 10.1. The van der Waals surface area contributed by atoms with E-state index in [4.69, 9.17) is 10.2 Å².